The maximum absolute atomic E-state index is 12.6. The average Bonchev–Trinajstić information content (AvgIpc) is 3.16. The van der Waals surface area contributed by atoms with Crippen LogP contribution >= 0.6 is 15.9 Å². The molecule has 0 bridgehead atoms. The van der Waals surface area contributed by atoms with Gasteiger partial charge in [0.25, 0.3) is 0 Å². The lowest BCUT2D eigenvalue weighted by molar-refractivity contribution is -0.140. The van der Waals surface area contributed by atoms with Crippen LogP contribution in [0.15, 0.2) is 82.3 Å². The van der Waals surface area contributed by atoms with Gasteiger partial charge in [0.1, 0.15) is 34.3 Å². The summed E-state index contributed by atoms with van der Waals surface area (Å²) in [5, 5.41) is 3.09. The molecule has 1 N–H and O–H groups in total. The third-order valence-corrected chi connectivity index (χ3v) is 6.36. The fourth-order valence-electron chi connectivity index (χ4n) is 3.21. The van der Waals surface area contributed by atoms with E-state index in [9.17, 15) is 13.2 Å². The third kappa shape index (κ3) is 5.18. The maximum Gasteiger partial charge on any atom is 0.339 e. The molecule has 0 saturated heterocycles. The number of nitrogens with zero attached hydrogens (tertiary/aromatic N) is 2. The number of fused-ring (bicyclic) bond motifs is 1. The molecule has 0 unspecified atom stereocenters. The van der Waals surface area contributed by atoms with Gasteiger partial charge in [-0.25, -0.2) is 4.98 Å². The molecule has 0 aliphatic heterocycles. The molecule has 0 aliphatic carbocycles. The van der Waals surface area contributed by atoms with Gasteiger partial charge in [-0.3, -0.25) is 9.20 Å². The van der Waals surface area contributed by atoms with Gasteiger partial charge in [0.2, 0.25) is 0 Å². The largest absolute Gasteiger partial charge is 0.465 e. The Morgan fingerprint density at radius 2 is 1.88 bits per heavy atom. The Balaban J connectivity index is 1.71. The van der Waals surface area contributed by atoms with Crippen LogP contribution in [-0.4, -0.2) is 36.9 Å². The highest BCUT2D eigenvalue weighted by molar-refractivity contribution is 9.10. The number of benzene rings is 2. The zero-order valence-corrected chi connectivity index (χ0v) is 20.0. The van der Waals surface area contributed by atoms with Crippen molar-refractivity contribution >= 4 is 43.5 Å². The van der Waals surface area contributed by atoms with Gasteiger partial charge in [0.15, 0.2) is 0 Å². The van der Waals surface area contributed by atoms with Gasteiger partial charge in [0, 0.05) is 16.2 Å². The van der Waals surface area contributed by atoms with Gasteiger partial charge < -0.3 is 14.2 Å². The normalized spacial score (nSPS) is 11.3. The zero-order chi connectivity index (χ0) is 23.4. The Morgan fingerprint density at radius 3 is 2.64 bits per heavy atom. The first-order valence-electron chi connectivity index (χ1n) is 10.0. The van der Waals surface area contributed by atoms with Crippen molar-refractivity contribution in [3.05, 3.63) is 77.4 Å². The number of carbonyl (C=O) groups is 1. The molecule has 2 aromatic carbocycles. The fraction of sp³-hybridized carbons (Fsp3) is 0.130. The van der Waals surface area contributed by atoms with E-state index in [1.165, 1.54) is 12.1 Å². The highest BCUT2D eigenvalue weighted by Gasteiger charge is 2.19. The smallest absolute Gasteiger partial charge is 0.339 e. The molecule has 170 valence electrons. The summed E-state index contributed by atoms with van der Waals surface area (Å²) >= 11 is 3.45. The van der Waals surface area contributed by atoms with Crippen LogP contribution in [0.2, 0.25) is 0 Å². The molecular formula is C23H20BrN3O5S. The van der Waals surface area contributed by atoms with Crippen LogP contribution in [0, 0.1) is 0 Å². The first-order valence-corrected chi connectivity index (χ1v) is 12.2. The van der Waals surface area contributed by atoms with E-state index in [1.54, 1.807) is 53.8 Å². The molecule has 0 radical (unpaired) electrons. The van der Waals surface area contributed by atoms with E-state index in [0.717, 1.165) is 4.47 Å². The summed E-state index contributed by atoms with van der Waals surface area (Å²) in [4.78, 5) is 16.7. The summed E-state index contributed by atoms with van der Waals surface area (Å²) in [6, 6.07) is 18.2. The molecule has 8 nitrogen and oxygen atoms in total. The molecule has 33 heavy (non-hydrogen) atoms. The number of esters is 1. The SMILES string of the molecule is CCOC(=O)CNc1c(-c2cccc(OS(=O)(=O)c3ccccc3)c2)nc2ccc(Br)cn12. The Kier molecular flexibility index (Phi) is 6.66. The Morgan fingerprint density at radius 1 is 1.09 bits per heavy atom. The van der Waals surface area contributed by atoms with Crippen LogP contribution < -0.4 is 9.50 Å². The van der Waals surface area contributed by atoms with Crippen LogP contribution in [0.5, 0.6) is 5.75 Å². The summed E-state index contributed by atoms with van der Waals surface area (Å²) < 4.78 is 38.2. The highest BCUT2D eigenvalue weighted by atomic mass is 79.9. The third-order valence-electron chi connectivity index (χ3n) is 4.63. The van der Waals surface area contributed by atoms with Gasteiger partial charge in [-0.2, -0.15) is 8.42 Å². The minimum Gasteiger partial charge on any atom is -0.465 e. The molecule has 0 fully saturated rings. The predicted molar refractivity (Wildman–Crippen MR) is 128 cm³/mol. The topological polar surface area (TPSA) is 99.0 Å². The summed E-state index contributed by atoms with van der Waals surface area (Å²) in [6.07, 6.45) is 1.82. The molecule has 0 atom stereocenters. The zero-order valence-electron chi connectivity index (χ0n) is 17.6. The van der Waals surface area contributed by atoms with Crippen molar-refractivity contribution in [3.63, 3.8) is 0 Å². The second-order valence-electron chi connectivity index (χ2n) is 6.92. The highest BCUT2D eigenvalue weighted by Crippen LogP contribution is 2.32. The van der Waals surface area contributed by atoms with E-state index < -0.39 is 16.1 Å². The lowest BCUT2D eigenvalue weighted by atomic mass is 10.1. The van der Waals surface area contributed by atoms with Gasteiger partial charge in [-0.15, -0.1) is 0 Å². The standard InChI is InChI=1S/C23H20BrN3O5S/c1-2-31-21(28)14-25-23-22(26-20-12-11-17(24)15-27(20)23)16-7-6-8-18(13-16)32-33(29,30)19-9-4-3-5-10-19/h3-13,15,25H,2,14H2,1H3. The van der Waals surface area contributed by atoms with E-state index in [2.05, 4.69) is 26.2 Å². The van der Waals surface area contributed by atoms with E-state index in [0.29, 0.717) is 22.7 Å². The van der Waals surface area contributed by atoms with E-state index in [-0.39, 0.29) is 23.8 Å². The maximum atomic E-state index is 12.6. The fourth-order valence-corrected chi connectivity index (χ4v) is 4.49. The molecule has 0 saturated carbocycles. The van der Waals surface area contributed by atoms with Crippen molar-refractivity contribution in [3.8, 4) is 17.0 Å². The predicted octanol–water partition coefficient (Wildman–Crippen LogP) is 4.51. The Labute approximate surface area is 199 Å². The van der Waals surface area contributed by atoms with Crippen molar-refractivity contribution in [2.45, 2.75) is 11.8 Å². The second kappa shape index (κ2) is 9.63. The number of ether oxygens (including phenoxy) is 1. The molecule has 0 spiro atoms. The van der Waals surface area contributed by atoms with Crippen molar-refractivity contribution in [1.29, 1.82) is 0 Å². The number of imidazole rings is 1. The number of halogens is 1. The molecule has 10 heteroatoms. The monoisotopic (exact) mass is 529 g/mol. The average molecular weight is 530 g/mol. The molecular weight excluding hydrogens is 510 g/mol. The number of aromatic nitrogens is 2. The summed E-state index contributed by atoms with van der Waals surface area (Å²) in [5.41, 5.74) is 1.78. The minimum absolute atomic E-state index is 0.0558. The molecule has 2 heterocycles. The molecule has 4 rings (SSSR count). The minimum atomic E-state index is -3.99. The summed E-state index contributed by atoms with van der Waals surface area (Å²) in [6.45, 7) is 1.96. The quantitative estimate of drug-likeness (QED) is 0.265. The van der Waals surface area contributed by atoms with Crippen LogP contribution in [-0.2, 0) is 19.6 Å². The Bertz CT molecular complexity index is 1400. The van der Waals surface area contributed by atoms with Crippen molar-refractivity contribution in [1.82, 2.24) is 9.38 Å². The lowest BCUT2D eigenvalue weighted by Crippen LogP contribution is -2.17. The Hall–Kier alpha value is -3.37. The summed E-state index contributed by atoms with van der Waals surface area (Å²) in [7, 11) is -3.99. The molecule has 2 aromatic heterocycles. The van der Waals surface area contributed by atoms with Crippen molar-refractivity contribution in [2.75, 3.05) is 18.5 Å². The number of carbonyl (C=O) groups excluding carboxylic acids is 1. The van der Waals surface area contributed by atoms with Crippen LogP contribution in [0.25, 0.3) is 16.9 Å². The first kappa shape index (κ1) is 22.8. The van der Waals surface area contributed by atoms with Crippen molar-refractivity contribution < 1.29 is 22.1 Å². The number of nitrogens with one attached hydrogen (secondary N) is 1. The number of rotatable bonds is 8. The van der Waals surface area contributed by atoms with Crippen LogP contribution in [0.1, 0.15) is 6.92 Å². The number of anilines is 1. The van der Waals surface area contributed by atoms with Crippen LogP contribution in [0.3, 0.4) is 0 Å². The second-order valence-corrected chi connectivity index (χ2v) is 9.38. The number of pyridine rings is 1. The van der Waals surface area contributed by atoms with Crippen molar-refractivity contribution in [2.24, 2.45) is 0 Å². The first-order chi connectivity index (χ1) is 15.9. The van der Waals surface area contributed by atoms with E-state index in [1.807, 2.05) is 18.3 Å². The van der Waals surface area contributed by atoms with Gasteiger partial charge >= 0.3 is 16.1 Å². The number of hydrogen-bond acceptors (Lipinski definition) is 7. The van der Waals surface area contributed by atoms with E-state index in [4.69, 9.17) is 8.92 Å². The lowest BCUT2D eigenvalue weighted by Gasteiger charge is -2.10. The van der Waals surface area contributed by atoms with Crippen LogP contribution in [0.4, 0.5) is 5.82 Å². The van der Waals surface area contributed by atoms with Gasteiger partial charge in [0.05, 0.1) is 6.61 Å². The summed E-state index contributed by atoms with van der Waals surface area (Å²) in [5.74, 6) is 0.299. The molecule has 4 aromatic rings. The molecule has 0 amide bonds. The number of hydrogen-bond donors (Lipinski definition) is 1. The van der Waals surface area contributed by atoms with Gasteiger partial charge in [-0.05, 0) is 59.3 Å². The molecule has 0 aliphatic rings. The van der Waals surface area contributed by atoms with Gasteiger partial charge in [-0.1, -0.05) is 30.3 Å². The van der Waals surface area contributed by atoms with E-state index >= 15 is 0 Å².